The Kier molecular flexibility index (Phi) is 5.98. The van der Waals surface area contributed by atoms with Crippen molar-refractivity contribution in [3.63, 3.8) is 0 Å². The van der Waals surface area contributed by atoms with E-state index in [0.717, 1.165) is 37.0 Å². The van der Waals surface area contributed by atoms with E-state index in [1.165, 1.54) is 0 Å². The van der Waals surface area contributed by atoms with Gasteiger partial charge in [-0.25, -0.2) is 4.79 Å². The fourth-order valence-corrected chi connectivity index (χ4v) is 4.04. The number of carbonyl (C=O) groups is 4. The van der Waals surface area contributed by atoms with Crippen LogP contribution in [0.2, 0.25) is 0 Å². The quantitative estimate of drug-likeness (QED) is 0.506. The summed E-state index contributed by atoms with van der Waals surface area (Å²) in [5.41, 5.74) is -0.908. The van der Waals surface area contributed by atoms with Crippen LogP contribution >= 0.6 is 0 Å². The van der Waals surface area contributed by atoms with Crippen molar-refractivity contribution in [3.05, 3.63) is 0 Å². The molecule has 2 saturated heterocycles. The Morgan fingerprint density at radius 1 is 1.30 bits per heavy atom. The van der Waals surface area contributed by atoms with Crippen LogP contribution in [-0.4, -0.2) is 66.7 Å². The van der Waals surface area contributed by atoms with Gasteiger partial charge in [-0.15, -0.1) is 0 Å². The smallest absolute Gasteiger partial charge is 0.326 e. The molecule has 0 aromatic carbocycles. The Balaban J connectivity index is 1.45. The van der Waals surface area contributed by atoms with Crippen molar-refractivity contribution in [2.45, 2.75) is 57.1 Å². The average molecular weight is 381 g/mol. The van der Waals surface area contributed by atoms with E-state index in [1.807, 2.05) is 6.92 Å². The molecular formula is C18H27N3O6. The van der Waals surface area contributed by atoms with Crippen LogP contribution in [0.15, 0.2) is 0 Å². The number of nitrogens with zero attached hydrogens (tertiary/aromatic N) is 1. The highest BCUT2D eigenvalue weighted by molar-refractivity contribution is 6.09. The first kappa shape index (κ1) is 19.6. The van der Waals surface area contributed by atoms with Gasteiger partial charge < -0.3 is 20.1 Å². The van der Waals surface area contributed by atoms with Crippen LogP contribution < -0.4 is 10.6 Å². The molecule has 3 aliphatic rings. The van der Waals surface area contributed by atoms with Gasteiger partial charge in [0.05, 0.1) is 6.10 Å². The Hall–Kier alpha value is -2.16. The van der Waals surface area contributed by atoms with Crippen molar-refractivity contribution >= 4 is 23.8 Å². The molecule has 1 spiro atoms. The number of amides is 4. The van der Waals surface area contributed by atoms with Crippen LogP contribution in [0.1, 0.15) is 45.4 Å². The van der Waals surface area contributed by atoms with E-state index in [9.17, 15) is 19.2 Å². The van der Waals surface area contributed by atoms with E-state index < -0.39 is 36.6 Å². The number of imide groups is 1. The summed E-state index contributed by atoms with van der Waals surface area (Å²) in [6.07, 6.45) is 5.19. The molecule has 0 unspecified atom stereocenters. The van der Waals surface area contributed by atoms with E-state index in [0.29, 0.717) is 19.6 Å². The number of ether oxygens (including phenoxy) is 2. The largest absolute Gasteiger partial charge is 0.454 e. The van der Waals surface area contributed by atoms with Crippen LogP contribution in [-0.2, 0) is 23.9 Å². The number of nitrogens with one attached hydrogen (secondary N) is 2. The lowest BCUT2D eigenvalue weighted by Gasteiger charge is -2.36. The third-order valence-corrected chi connectivity index (χ3v) is 5.70. The van der Waals surface area contributed by atoms with E-state index in [4.69, 9.17) is 9.47 Å². The highest BCUT2D eigenvalue weighted by atomic mass is 16.5. The molecule has 9 heteroatoms. The zero-order chi connectivity index (χ0) is 19.4. The lowest BCUT2D eigenvalue weighted by Crippen LogP contribution is -2.54. The number of esters is 1. The fraction of sp³-hybridized carbons (Fsp3) is 0.778. The van der Waals surface area contributed by atoms with Crippen LogP contribution in [0, 0.1) is 5.92 Å². The van der Waals surface area contributed by atoms with Crippen molar-refractivity contribution in [1.29, 1.82) is 0 Å². The minimum atomic E-state index is -0.908. The van der Waals surface area contributed by atoms with Gasteiger partial charge in [-0.1, -0.05) is 19.8 Å². The Bertz CT molecular complexity index is 618. The summed E-state index contributed by atoms with van der Waals surface area (Å²) in [4.78, 5) is 49.6. The van der Waals surface area contributed by atoms with E-state index >= 15 is 0 Å². The highest BCUT2D eigenvalue weighted by Gasteiger charge is 2.55. The van der Waals surface area contributed by atoms with Crippen LogP contribution in [0.25, 0.3) is 0 Å². The predicted octanol–water partition coefficient (Wildman–Crippen LogP) is 0.326. The van der Waals surface area contributed by atoms with Gasteiger partial charge in [-0.2, -0.15) is 0 Å². The van der Waals surface area contributed by atoms with Gasteiger partial charge >= 0.3 is 12.0 Å². The first-order chi connectivity index (χ1) is 12.9. The van der Waals surface area contributed by atoms with Gasteiger partial charge in [0.1, 0.15) is 12.1 Å². The summed E-state index contributed by atoms with van der Waals surface area (Å²) in [7, 11) is 0. The zero-order valence-corrected chi connectivity index (χ0v) is 15.6. The maximum atomic E-state index is 12.8. The summed E-state index contributed by atoms with van der Waals surface area (Å²) >= 11 is 0. The molecule has 0 radical (unpaired) electrons. The molecule has 3 fully saturated rings. The molecule has 0 aromatic heterocycles. The van der Waals surface area contributed by atoms with Gasteiger partial charge in [0.25, 0.3) is 11.8 Å². The summed E-state index contributed by atoms with van der Waals surface area (Å²) in [5, 5.41) is 5.42. The molecule has 0 bridgehead atoms. The fourth-order valence-electron chi connectivity index (χ4n) is 4.04. The van der Waals surface area contributed by atoms with Gasteiger partial charge in [-0.3, -0.25) is 19.3 Å². The molecule has 2 N–H and O–H groups in total. The third-order valence-electron chi connectivity index (χ3n) is 5.70. The van der Waals surface area contributed by atoms with Crippen LogP contribution in [0.5, 0.6) is 0 Å². The Morgan fingerprint density at radius 3 is 2.81 bits per heavy atom. The monoisotopic (exact) mass is 381 g/mol. The molecule has 2 heterocycles. The second-order valence-electron chi connectivity index (χ2n) is 7.54. The zero-order valence-electron chi connectivity index (χ0n) is 15.6. The number of hydrogen-bond donors (Lipinski definition) is 2. The predicted molar refractivity (Wildman–Crippen MR) is 93.6 cm³/mol. The van der Waals surface area contributed by atoms with Gasteiger partial charge in [0.15, 0.2) is 6.61 Å². The Morgan fingerprint density at radius 2 is 2.11 bits per heavy atom. The molecule has 4 amide bonds. The molecule has 0 aromatic rings. The van der Waals surface area contributed by atoms with Crippen LogP contribution in [0.4, 0.5) is 4.79 Å². The number of carbonyl (C=O) groups excluding carboxylic acids is 4. The minimum absolute atomic E-state index is 0.00393. The number of rotatable bonds is 6. The molecule has 1 saturated carbocycles. The molecule has 1 aliphatic carbocycles. The molecule has 3 rings (SSSR count). The third kappa shape index (κ3) is 4.23. The number of urea groups is 1. The molecule has 27 heavy (non-hydrogen) atoms. The summed E-state index contributed by atoms with van der Waals surface area (Å²) in [5.74, 6) is -1.58. The lowest BCUT2D eigenvalue weighted by molar-refractivity contribution is -0.151. The molecule has 2 aliphatic heterocycles. The second kappa shape index (κ2) is 8.24. The average Bonchev–Trinajstić information content (AvgIpc) is 3.24. The van der Waals surface area contributed by atoms with Crippen molar-refractivity contribution in [1.82, 2.24) is 15.5 Å². The normalized spacial score (nSPS) is 30.5. The summed E-state index contributed by atoms with van der Waals surface area (Å²) < 4.78 is 10.3. The molecule has 150 valence electrons. The summed E-state index contributed by atoms with van der Waals surface area (Å²) in [6.45, 7) is 2.08. The maximum Gasteiger partial charge on any atom is 0.326 e. The van der Waals surface area contributed by atoms with E-state index in [2.05, 4.69) is 10.6 Å². The van der Waals surface area contributed by atoms with Crippen molar-refractivity contribution in [2.24, 2.45) is 5.92 Å². The molecule has 3 atom stereocenters. The van der Waals surface area contributed by atoms with Crippen LogP contribution in [0.3, 0.4) is 0 Å². The Labute approximate surface area is 158 Å². The van der Waals surface area contributed by atoms with E-state index in [1.54, 1.807) is 0 Å². The topological polar surface area (TPSA) is 114 Å². The first-order valence-electron chi connectivity index (χ1n) is 9.60. The first-order valence-corrected chi connectivity index (χ1v) is 9.60. The second-order valence-corrected chi connectivity index (χ2v) is 7.54. The van der Waals surface area contributed by atoms with Crippen molar-refractivity contribution in [3.8, 4) is 0 Å². The molecular weight excluding hydrogens is 354 g/mol. The SMILES string of the molecule is C[C@@H]1CCCC[C@@]12NC(=O)N(CC(=O)OCC(=O)NC[C@@H]1CCCO1)C2=O. The highest BCUT2D eigenvalue weighted by Crippen LogP contribution is 2.38. The minimum Gasteiger partial charge on any atom is -0.454 e. The van der Waals surface area contributed by atoms with Gasteiger partial charge in [0.2, 0.25) is 0 Å². The van der Waals surface area contributed by atoms with Crippen molar-refractivity contribution in [2.75, 3.05) is 26.3 Å². The van der Waals surface area contributed by atoms with Crippen molar-refractivity contribution < 1.29 is 28.7 Å². The van der Waals surface area contributed by atoms with Gasteiger partial charge in [0, 0.05) is 13.2 Å². The van der Waals surface area contributed by atoms with Gasteiger partial charge in [-0.05, 0) is 31.6 Å². The summed E-state index contributed by atoms with van der Waals surface area (Å²) in [6, 6.07) is -0.575. The van der Waals surface area contributed by atoms with E-state index in [-0.39, 0.29) is 17.9 Å². The number of hydrogen-bond acceptors (Lipinski definition) is 6. The lowest BCUT2D eigenvalue weighted by atomic mass is 9.73. The maximum absolute atomic E-state index is 12.8. The standard InChI is InChI=1S/C18H27N3O6/c1-12-5-2-3-7-18(12)16(24)21(17(25)20-18)10-15(23)27-11-14(22)19-9-13-6-4-8-26-13/h12-13H,2-11H2,1H3,(H,19,22)(H,20,25)/t12-,13+,18-/m1/s1. The molecule has 9 nitrogen and oxygen atoms in total.